The van der Waals surface area contributed by atoms with Crippen LogP contribution in [0.4, 0.5) is 4.79 Å². The van der Waals surface area contributed by atoms with E-state index < -0.39 is 0 Å². The molecular formula is C44H84N6O2. The lowest BCUT2D eigenvalue weighted by Gasteiger charge is -2.58. The third-order valence-electron chi connectivity index (χ3n) is 14.7. The van der Waals surface area contributed by atoms with Gasteiger partial charge in [-0.3, -0.25) is 0 Å². The molecule has 0 aromatic heterocycles. The maximum atomic E-state index is 13.0. The Labute approximate surface area is 320 Å². The minimum Gasteiger partial charge on any atom is -0.446 e. The number of rotatable bonds is 24. The quantitative estimate of drug-likeness (QED) is 0.0588. The van der Waals surface area contributed by atoms with Gasteiger partial charge >= 0.3 is 6.09 Å². The number of carbonyl (C=O) groups excluding carboxylic acids is 1. The highest BCUT2D eigenvalue weighted by Gasteiger charge is 2.59. The van der Waals surface area contributed by atoms with E-state index in [1.54, 1.807) is 5.57 Å². The van der Waals surface area contributed by atoms with Crippen molar-refractivity contribution in [2.45, 2.75) is 150 Å². The number of unbranched alkanes of at least 4 members (excludes halogenated alkanes) is 1. The molecule has 0 radical (unpaired) electrons. The van der Waals surface area contributed by atoms with Crippen LogP contribution < -0.4 is 22.5 Å². The molecule has 302 valence electrons. The Bertz CT molecular complexity index is 1060. The average molecular weight is 729 g/mol. The highest BCUT2D eigenvalue weighted by Crippen LogP contribution is 2.67. The van der Waals surface area contributed by atoms with Crippen molar-refractivity contribution in [1.29, 1.82) is 0 Å². The van der Waals surface area contributed by atoms with E-state index in [0.29, 0.717) is 18.5 Å². The first kappa shape index (κ1) is 43.5. The summed E-state index contributed by atoms with van der Waals surface area (Å²) in [5, 5.41) is 3.09. The molecule has 8 heteroatoms. The van der Waals surface area contributed by atoms with Crippen LogP contribution in [0.5, 0.6) is 0 Å². The van der Waals surface area contributed by atoms with Gasteiger partial charge in [-0.15, -0.1) is 0 Å². The Kier molecular flexibility index (Phi) is 18.2. The number of nitrogens with one attached hydrogen (secondary N) is 1. The molecule has 1 amide bonds. The van der Waals surface area contributed by atoms with Crippen LogP contribution in [-0.4, -0.2) is 87.4 Å². The molecule has 8 atom stereocenters. The summed E-state index contributed by atoms with van der Waals surface area (Å²) in [6, 6.07) is 0. The Balaban J connectivity index is 1.19. The SMILES string of the molecule is CC(C)CCCC(C)C1CCC2C3CC=C4CC(OC(=O)NCCCN(CCCN)CCCCN(CCCN)CCCN)CCC4(C)C3CCC12C. The fraction of sp³-hybridized carbons (Fsp3) is 0.932. The summed E-state index contributed by atoms with van der Waals surface area (Å²) in [7, 11) is 0. The van der Waals surface area contributed by atoms with Crippen molar-refractivity contribution in [2.75, 3.05) is 65.4 Å². The lowest BCUT2D eigenvalue weighted by Crippen LogP contribution is -2.51. The molecule has 0 aliphatic heterocycles. The normalized spacial score (nSPS) is 30.6. The molecule has 4 aliphatic rings. The van der Waals surface area contributed by atoms with E-state index in [1.165, 1.54) is 57.8 Å². The van der Waals surface area contributed by atoms with Crippen LogP contribution in [0.2, 0.25) is 0 Å². The summed E-state index contributed by atoms with van der Waals surface area (Å²) in [6.45, 7) is 21.7. The van der Waals surface area contributed by atoms with Gasteiger partial charge in [0, 0.05) is 13.0 Å². The zero-order chi connectivity index (χ0) is 37.6. The van der Waals surface area contributed by atoms with Crippen LogP contribution in [0.3, 0.4) is 0 Å². The number of ether oxygens (including phenoxy) is 1. The van der Waals surface area contributed by atoms with Crippen molar-refractivity contribution in [3.8, 4) is 0 Å². The largest absolute Gasteiger partial charge is 0.446 e. The highest BCUT2D eigenvalue weighted by molar-refractivity contribution is 5.67. The van der Waals surface area contributed by atoms with Crippen molar-refractivity contribution in [1.82, 2.24) is 15.1 Å². The van der Waals surface area contributed by atoms with Gasteiger partial charge in [0.25, 0.3) is 0 Å². The van der Waals surface area contributed by atoms with Crippen LogP contribution in [0, 0.1) is 46.3 Å². The van der Waals surface area contributed by atoms with E-state index in [0.717, 1.165) is 139 Å². The van der Waals surface area contributed by atoms with Crippen LogP contribution >= 0.6 is 0 Å². The van der Waals surface area contributed by atoms with Gasteiger partial charge in [0.1, 0.15) is 6.10 Å². The predicted octanol–water partition coefficient (Wildman–Crippen LogP) is 7.94. The fourth-order valence-electron chi connectivity index (χ4n) is 11.7. The van der Waals surface area contributed by atoms with Gasteiger partial charge in [-0.2, -0.15) is 0 Å². The van der Waals surface area contributed by atoms with Crippen molar-refractivity contribution >= 4 is 6.09 Å². The van der Waals surface area contributed by atoms with E-state index in [1.807, 2.05) is 0 Å². The third kappa shape index (κ3) is 11.9. The van der Waals surface area contributed by atoms with Crippen LogP contribution in [0.1, 0.15) is 144 Å². The molecular weight excluding hydrogens is 645 g/mol. The molecule has 0 heterocycles. The molecule has 0 spiro atoms. The van der Waals surface area contributed by atoms with Gasteiger partial charge in [0.15, 0.2) is 0 Å². The Morgan fingerprint density at radius 2 is 1.40 bits per heavy atom. The van der Waals surface area contributed by atoms with Gasteiger partial charge in [0.05, 0.1) is 0 Å². The summed E-state index contributed by atoms with van der Waals surface area (Å²) in [4.78, 5) is 18.0. The smallest absolute Gasteiger partial charge is 0.407 e. The van der Waals surface area contributed by atoms with Crippen molar-refractivity contribution in [3.63, 3.8) is 0 Å². The number of hydrogen-bond acceptors (Lipinski definition) is 7. The number of alkyl carbamates (subject to hydrolysis) is 1. The minimum atomic E-state index is -0.237. The van der Waals surface area contributed by atoms with E-state index in [2.05, 4.69) is 55.8 Å². The number of hydrogen-bond donors (Lipinski definition) is 4. The number of fused-ring (bicyclic) bond motifs is 5. The zero-order valence-corrected chi connectivity index (χ0v) is 34.7. The number of carbonyl (C=O) groups is 1. The van der Waals surface area contributed by atoms with Crippen LogP contribution in [0.15, 0.2) is 11.6 Å². The maximum Gasteiger partial charge on any atom is 0.407 e. The van der Waals surface area contributed by atoms with Crippen LogP contribution in [-0.2, 0) is 4.74 Å². The first-order valence-corrected chi connectivity index (χ1v) is 22.2. The van der Waals surface area contributed by atoms with Crippen molar-refractivity contribution < 1.29 is 9.53 Å². The number of allylic oxidation sites excluding steroid dienone is 1. The molecule has 4 rings (SSSR count). The second kappa shape index (κ2) is 21.8. The molecule has 3 fully saturated rings. The minimum absolute atomic E-state index is 0.00241. The molecule has 0 saturated heterocycles. The van der Waals surface area contributed by atoms with Crippen LogP contribution in [0.25, 0.3) is 0 Å². The Hall–Kier alpha value is -1.19. The molecule has 0 aromatic rings. The second-order valence-electron chi connectivity index (χ2n) is 18.7. The topological polar surface area (TPSA) is 123 Å². The van der Waals surface area contributed by atoms with Gasteiger partial charge in [-0.25, -0.2) is 4.79 Å². The maximum absolute atomic E-state index is 13.0. The molecule has 52 heavy (non-hydrogen) atoms. The lowest BCUT2D eigenvalue weighted by atomic mass is 9.47. The van der Waals surface area contributed by atoms with E-state index in [4.69, 9.17) is 21.9 Å². The molecule has 4 aliphatic carbocycles. The van der Waals surface area contributed by atoms with E-state index in [-0.39, 0.29) is 17.6 Å². The third-order valence-corrected chi connectivity index (χ3v) is 14.7. The molecule has 0 bridgehead atoms. The van der Waals surface area contributed by atoms with Crippen molar-refractivity contribution in [3.05, 3.63) is 11.6 Å². The average Bonchev–Trinajstić information content (AvgIpc) is 3.48. The number of amides is 1. The number of nitrogens with zero attached hydrogens (tertiary/aromatic N) is 2. The molecule has 3 saturated carbocycles. The fourth-order valence-corrected chi connectivity index (χ4v) is 11.7. The summed E-state index contributed by atoms with van der Waals surface area (Å²) in [6.07, 6.45) is 22.9. The van der Waals surface area contributed by atoms with Gasteiger partial charge < -0.3 is 37.1 Å². The predicted molar refractivity (Wildman–Crippen MR) is 219 cm³/mol. The first-order chi connectivity index (χ1) is 25.0. The van der Waals surface area contributed by atoms with E-state index in [9.17, 15) is 4.79 Å². The molecule has 7 N–H and O–H groups in total. The number of nitrogens with two attached hydrogens (primary N) is 3. The summed E-state index contributed by atoms with van der Waals surface area (Å²) in [5.74, 6) is 5.10. The van der Waals surface area contributed by atoms with Gasteiger partial charge in [0.2, 0.25) is 0 Å². The standard InChI is InChI=1S/C44H84N6O2/c1-34(2)13-8-14-35(3)39-17-18-40-38-16-15-36-33-37(19-21-43(36,4)41(38)20-22-44(39,40)5)52-42(51)48-26-12-32-50(31-11-25-47)28-7-6-27-49(29-9-23-45)30-10-24-46/h15,34-35,37-41H,6-14,16-33,45-47H2,1-5H3,(H,48,51). The Morgan fingerprint density at radius 1 is 0.788 bits per heavy atom. The van der Waals surface area contributed by atoms with Gasteiger partial charge in [-0.05, 0) is 189 Å². The van der Waals surface area contributed by atoms with Crippen molar-refractivity contribution in [2.24, 2.45) is 63.5 Å². The van der Waals surface area contributed by atoms with E-state index >= 15 is 0 Å². The highest BCUT2D eigenvalue weighted by atomic mass is 16.6. The Morgan fingerprint density at radius 3 is 2.02 bits per heavy atom. The lowest BCUT2D eigenvalue weighted by molar-refractivity contribution is -0.0581. The summed E-state index contributed by atoms with van der Waals surface area (Å²) < 4.78 is 6.08. The summed E-state index contributed by atoms with van der Waals surface area (Å²) in [5.41, 5.74) is 19.8. The van der Waals surface area contributed by atoms with Gasteiger partial charge in [-0.1, -0.05) is 65.5 Å². The summed E-state index contributed by atoms with van der Waals surface area (Å²) >= 11 is 0. The monoisotopic (exact) mass is 729 g/mol. The molecule has 8 unspecified atom stereocenters. The first-order valence-electron chi connectivity index (χ1n) is 22.2. The molecule has 0 aromatic carbocycles. The second-order valence-corrected chi connectivity index (χ2v) is 18.7. The molecule has 8 nitrogen and oxygen atoms in total. The zero-order valence-electron chi connectivity index (χ0n) is 34.7.